The highest BCUT2D eigenvalue weighted by Crippen LogP contribution is 2.20. The molecule has 0 saturated heterocycles. The largest absolute Gasteiger partial charge is 0.383 e. The fraction of sp³-hybridized carbons (Fsp3) is 0.538. The Labute approximate surface area is 116 Å². The van der Waals surface area contributed by atoms with Crippen LogP contribution in [-0.4, -0.2) is 32.8 Å². The van der Waals surface area contributed by atoms with Crippen LogP contribution in [0.3, 0.4) is 0 Å². The first-order valence-electron chi connectivity index (χ1n) is 6.01. The van der Waals surface area contributed by atoms with Gasteiger partial charge in [-0.15, -0.1) is 0 Å². The van der Waals surface area contributed by atoms with Crippen LogP contribution >= 0.6 is 15.9 Å². The Morgan fingerprint density at radius 1 is 1.44 bits per heavy atom. The van der Waals surface area contributed by atoms with Crippen LogP contribution < -0.4 is 10.6 Å². The molecule has 0 amide bonds. The van der Waals surface area contributed by atoms with Gasteiger partial charge in [0.25, 0.3) is 0 Å². The molecule has 1 atom stereocenters. The molecule has 5 heteroatoms. The highest BCUT2D eigenvalue weighted by atomic mass is 79.9. The van der Waals surface area contributed by atoms with Gasteiger partial charge >= 0.3 is 0 Å². The Morgan fingerprint density at radius 2 is 2.22 bits per heavy atom. The van der Waals surface area contributed by atoms with Gasteiger partial charge in [-0.3, -0.25) is 0 Å². The molecule has 0 spiro atoms. The number of hydrogen-bond acceptors (Lipinski definition) is 3. The Hall–Kier alpha value is -0.490. The minimum atomic E-state index is -0.222. The maximum absolute atomic E-state index is 13.3. The average molecular weight is 319 g/mol. The molecular formula is C13H20BrFN2O. The molecule has 3 nitrogen and oxygen atoms in total. The molecule has 0 heterocycles. The van der Waals surface area contributed by atoms with Crippen LogP contribution in [0, 0.1) is 5.82 Å². The Morgan fingerprint density at radius 3 is 2.94 bits per heavy atom. The summed E-state index contributed by atoms with van der Waals surface area (Å²) in [5, 5.41) is 6.62. The topological polar surface area (TPSA) is 33.3 Å². The molecule has 1 aromatic rings. The van der Waals surface area contributed by atoms with E-state index < -0.39 is 0 Å². The molecule has 102 valence electrons. The normalized spacial score (nSPS) is 12.7. The van der Waals surface area contributed by atoms with Crippen molar-refractivity contribution in [2.45, 2.75) is 19.5 Å². The SMILES string of the molecule is COCCNCC(C)NCc1cccc(F)c1Br. The highest BCUT2D eigenvalue weighted by Gasteiger charge is 2.06. The lowest BCUT2D eigenvalue weighted by atomic mass is 10.2. The first-order chi connectivity index (χ1) is 8.65. The van der Waals surface area contributed by atoms with Gasteiger partial charge in [0.05, 0.1) is 11.1 Å². The number of halogens is 2. The van der Waals surface area contributed by atoms with E-state index in [1.54, 1.807) is 13.2 Å². The van der Waals surface area contributed by atoms with Gasteiger partial charge in [-0.25, -0.2) is 4.39 Å². The van der Waals surface area contributed by atoms with Crippen LogP contribution in [0.15, 0.2) is 22.7 Å². The standard InChI is InChI=1S/C13H20BrFN2O/c1-10(8-16-6-7-18-2)17-9-11-4-3-5-12(15)13(11)14/h3-5,10,16-17H,6-9H2,1-2H3. The van der Waals surface area contributed by atoms with E-state index in [4.69, 9.17) is 4.74 Å². The number of nitrogens with one attached hydrogen (secondary N) is 2. The van der Waals surface area contributed by atoms with Crippen molar-refractivity contribution in [2.24, 2.45) is 0 Å². The van der Waals surface area contributed by atoms with Gasteiger partial charge in [0, 0.05) is 32.8 Å². The van der Waals surface area contributed by atoms with E-state index in [-0.39, 0.29) is 5.82 Å². The zero-order chi connectivity index (χ0) is 13.4. The second kappa shape index (κ2) is 8.58. The molecule has 2 N–H and O–H groups in total. The van der Waals surface area contributed by atoms with Crippen molar-refractivity contribution in [2.75, 3.05) is 26.8 Å². The molecule has 0 radical (unpaired) electrons. The van der Waals surface area contributed by atoms with E-state index >= 15 is 0 Å². The van der Waals surface area contributed by atoms with E-state index in [0.717, 1.165) is 18.7 Å². The van der Waals surface area contributed by atoms with Crippen molar-refractivity contribution in [3.05, 3.63) is 34.1 Å². The van der Waals surface area contributed by atoms with Gasteiger partial charge in [-0.05, 0) is 34.5 Å². The van der Waals surface area contributed by atoms with Crippen molar-refractivity contribution in [1.82, 2.24) is 10.6 Å². The maximum Gasteiger partial charge on any atom is 0.137 e. The van der Waals surface area contributed by atoms with Crippen LogP contribution in [-0.2, 0) is 11.3 Å². The quantitative estimate of drug-likeness (QED) is 0.722. The Balaban J connectivity index is 2.29. The average Bonchev–Trinajstić information content (AvgIpc) is 2.36. The van der Waals surface area contributed by atoms with Crippen molar-refractivity contribution in [3.63, 3.8) is 0 Å². The fourth-order valence-corrected chi connectivity index (χ4v) is 1.94. The second-order valence-electron chi connectivity index (χ2n) is 4.19. The molecule has 1 unspecified atom stereocenters. The smallest absolute Gasteiger partial charge is 0.137 e. The summed E-state index contributed by atoms with van der Waals surface area (Å²) < 4.78 is 18.8. The Kier molecular flexibility index (Phi) is 7.42. The molecule has 1 aromatic carbocycles. The van der Waals surface area contributed by atoms with Gasteiger partial charge in [0.15, 0.2) is 0 Å². The van der Waals surface area contributed by atoms with Gasteiger partial charge in [0.2, 0.25) is 0 Å². The highest BCUT2D eigenvalue weighted by molar-refractivity contribution is 9.10. The third-order valence-corrected chi connectivity index (χ3v) is 3.49. The number of ether oxygens (including phenoxy) is 1. The molecule has 0 aliphatic carbocycles. The van der Waals surface area contributed by atoms with Crippen molar-refractivity contribution in [3.8, 4) is 0 Å². The van der Waals surface area contributed by atoms with Crippen LogP contribution in [0.5, 0.6) is 0 Å². The van der Waals surface area contributed by atoms with E-state index in [1.807, 2.05) is 6.07 Å². The monoisotopic (exact) mass is 318 g/mol. The zero-order valence-corrected chi connectivity index (χ0v) is 12.4. The van der Waals surface area contributed by atoms with Gasteiger partial charge in [-0.2, -0.15) is 0 Å². The Bertz CT molecular complexity index is 363. The molecule has 18 heavy (non-hydrogen) atoms. The molecule has 0 aliphatic heterocycles. The summed E-state index contributed by atoms with van der Waals surface area (Å²) in [5.41, 5.74) is 0.929. The molecule has 1 rings (SSSR count). The lowest BCUT2D eigenvalue weighted by Crippen LogP contribution is -2.37. The van der Waals surface area contributed by atoms with Gasteiger partial charge in [0.1, 0.15) is 5.82 Å². The van der Waals surface area contributed by atoms with E-state index in [1.165, 1.54) is 6.07 Å². The molecular weight excluding hydrogens is 299 g/mol. The number of rotatable bonds is 8. The molecule has 0 bridgehead atoms. The lowest BCUT2D eigenvalue weighted by molar-refractivity contribution is 0.198. The number of benzene rings is 1. The van der Waals surface area contributed by atoms with E-state index in [0.29, 0.717) is 23.7 Å². The van der Waals surface area contributed by atoms with E-state index in [2.05, 4.69) is 33.5 Å². The van der Waals surface area contributed by atoms with Crippen molar-refractivity contribution >= 4 is 15.9 Å². The third-order valence-electron chi connectivity index (χ3n) is 2.61. The molecule has 0 fully saturated rings. The first-order valence-corrected chi connectivity index (χ1v) is 6.80. The molecule has 0 aliphatic rings. The van der Waals surface area contributed by atoms with Crippen molar-refractivity contribution in [1.29, 1.82) is 0 Å². The van der Waals surface area contributed by atoms with Gasteiger partial charge in [-0.1, -0.05) is 12.1 Å². The second-order valence-corrected chi connectivity index (χ2v) is 4.98. The summed E-state index contributed by atoms with van der Waals surface area (Å²) in [6.45, 7) is 5.14. The first kappa shape index (κ1) is 15.6. The van der Waals surface area contributed by atoms with Crippen molar-refractivity contribution < 1.29 is 9.13 Å². The summed E-state index contributed by atoms with van der Waals surface area (Å²) in [6, 6.07) is 5.39. The third kappa shape index (κ3) is 5.44. The summed E-state index contributed by atoms with van der Waals surface area (Å²) in [6.07, 6.45) is 0. The molecule has 0 aromatic heterocycles. The number of hydrogen-bond donors (Lipinski definition) is 2. The van der Waals surface area contributed by atoms with Crippen LogP contribution in [0.2, 0.25) is 0 Å². The van der Waals surface area contributed by atoms with Gasteiger partial charge < -0.3 is 15.4 Å². The van der Waals surface area contributed by atoms with E-state index in [9.17, 15) is 4.39 Å². The fourth-order valence-electron chi connectivity index (χ4n) is 1.53. The minimum Gasteiger partial charge on any atom is -0.383 e. The summed E-state index contributed by atoms with van der Waals surface area (Å²) in [5.74, 6) is -0.222. The van der Waals surface area contributed by atoms with Crippen LogP contribution in [0.4, 0.5) is 4.39 Å². The predicted molar refractivity (Wildman–Crippen MR) is 75.1 cm³/mol. The molecule has 0 saturated carbocycles. The minimum absolute atomic E-state index is 0.222. The summed E-state index contributed by atoms with van der Waals surface area (Å²) in [4.78, 5) is 0. The lowest BCUT2D eigenvalue weighted by Gasteiger charge is -2.15. The van der Waals surface area contributed by atoms with Crippen LogP contribution in [0.25, 0.3) is 0 Å². The predicted octanol–water partition coefficient (Wildman–Crippen LogP) is 2.30. The summed E-state index contributed by atoms with van der Waals surface area (Å²) in [7, 11) is 1.69. The van der Waals surface area contributed by atoms with Crippen LogP contribution in [0.1, 0.15) is 12.5 Å². The maximum atomic E-state index is 13.3. The number of methoxy groups -OCH3 is 1. The summed E-state index contributed by atoms with van der Waals surface area (Å²) >= 11 is 3.26. The zero-order valence-electron chi connectivity index (χ0n) is 10.8.